The quantitative estimate of drug-likeness (QED) is 0.414. The molecule has 3 aromatic rings. The average Bonchev–Trinajstić information content (AvgIpc) is 3.30. The van der Waals surface area contributed by atoms with Gasteiger partial charge in [0.15, 0.2) is 17.1 Å². The van der Waals surface area contributed by atoms with Crippen molar-refractivity contribution in [2.45, 2.75) is 38.1 Å². The summed E-state index contributed by atoms with van der Waals surface area (Å²) in [4.78, 5) is 16.4. The van der Waals surface area contributed by atoms with Gasteiger partial charge in [0.05, 0.1) is 37.5 Å². The number of carbonyl (C=O) groups excluding carboxylic acids is 1. The summed E-state index contributed by atoms with van der Waals surface area (Å²) in [7, 11) is 2.86. The third kappa shape index (κ3) is 4.92. The van der Waals surface area contributed by atoms with Crippen molar-refractivity contribution in [2.24, 2.45) is 5.92 Å². The van der Waals surface area contributed by atoms with Gasteiger partial charge in [0.2, 0.25) is 5.91 Å². The lowest BCUT2D eigenvalue weighted by Crippen LogP contribution is -2.45. The molecule has 0 saturated carbocycles. The SMILES string of the molecule is C=CC(=O)NC1CCOCC1Cc1cc2cc(C(C)(C)c3c(F)c(OC)cc(OC)c3Cl)oc2cn1. The van der Waals surface area contributed by atoms with Crippen LogP contribution in [-0.4, -0.2) is 44.4 Å². The number of hydrogen-bond acceptors (Lipinski definition) is 6. The van der Waals surface area contributed by atoms with Crippen molar-refractivity contribution in [3.05, 3.63) is 64.9 Å². The van der Waals surface area contributed by atoms with Gasteiger partial charge in [-0.25, -0.2) is 4.39 Å². The summed E-state index contributed by atoms with van der Waals surface area (Å²) in [5.74, 6) is 0.171. The van der Waals surface area contributed by atoms with Crippen LogP contribution in [0.3, 0.4) is 0 Å². The molecule has 1 aromatic carbocycles. The molecule has 1 aliphatic rings. The number of methoxy groups -OCH3 is 2. The number of nitrogens with one attached hydrogen (secondary N) is 1. The van der Waals surface area contributed by atoms with Crippen molar-refractivity contribution in [3.63, 3.8) is 0 Å². The fraction of sp³-hybridized carbons (Fsp3) is 0.407. The maximum absolute atomic E-state index is 15.4. The molecule has 0 radical (unpaired) electrons. The van der Waals surface area contributed by atoms with E-state index in [4.69, 9.17) is 30.2 Å². The highest BCUT2D eigenvalue weighted by Crippen LogP contribution is 2.46. The molecule has 1 N–H and O–H groups in total. The summed E-state index contributed by atoms with van der Waals surface area (Å²) in [6.07, 6.45) is 4.29. The Bertz CT molecular complexity index is 1260. The van der Waals surface area contributed by atoms with Gasteiger partial charge in [-0.2, -0.15) is 0 Å². The number of rotatable bonds is 8. The second-order valence-electron chi connectivity index (χ2n) is 9.38. The summed E-state index contributed by atoms with van der Waals surface area (Å²) in [5.41, 5.74) is 0.685. The van der Waals surface area contributed by atoms with Gasteiger partial charge < -0.3 is 23.9 Å². The predicted molar refractivity (Wildman–Crippen MR) is 135 cm³/mol. The van der Waals surface area contributed by atoms with Crippen molar-refractivity contribution < 1.29 is 27.8 Å². The highest BCUT2D eigenvalue weighted by Gasteiger charge is 2.36. The molecule has 9 heteroatoms. The molecular weight excluding hydrogens is 487 g/mol. The average molecular weight is 517 g/mol. The number of amides is 1. The summed E-state index contributed by atoms with van der Waals surface area (Å²) in [6, 6.07) is 5.22. The van der Waals surface area contributed by atoms with E-state index >= 15 is 4.39 Å². The minimum absolute atomic E-state index is 0.0197. The number of furan rings is 1. The fourth-order valence-electron chi connectivity index (χ4n) is 4.67. The Kier molecular flexibility index (Phi) is 7.57. The largest absolute Gasteiger partial charge is 0.495 e. The van der Waals surface area contributed by atoms with Crippen LogP contribution in [0.5, 0.6) is 11.5 Å². The van der Waals surface area contributed by atoms with Crippen LogP contribution in [0.1, 0.15) is 37.3 Å². The maximum atomic E-state index is 15.4. The molecule has 7 nitrogen and oxygen atoms in total. The van der Waals surface area contributed by atoms with Crippen LogP contribution < -0.4 is 14.8 Å². The molecule has 1 fully saturated rings. The monoisotopic (exact) mass is 516 g/mol. The Morgan fingerprint density at radius 3 is 2.75 bits per heavy atom. The number of aromatic nitrogens is 1. The number of hydrogen-bond donors (Lipinski definition) is 1. The first-order valence-corrected chi connectivity index (χ1v) is 12.1. The summed E-state index contributed by atoms with van der Waals surface area (Å²) in [6.45, 7) is 8.31. The van der Waals surface area contributed by atoms with Crippen LogP contribution in [0.25, 0.3) is 11.0 Å². The Labute approximate surface area is 214 Å². The van der Waals surface area contributed by atoms with Crippen LogP contribution >= 0.6 is 11.6 Å². The molecule has 1 saturated heterocycles. The Balaban J connectivity index is 1.66. The van der Waals surface area contributed by atoms with E-state index in [0.29, 0.717) is 36.7 Å². The van der Waals surface area contributed by atoms with Crippen LogP contribution in [0.4, 0.5) is 4.39 Å². The molecule has 192 valence electrons. The van der Waals surface area contributed by atoms with Crippen LogP contribution in [0, 0.1) is 11.7 Å². The molecule has 2 atom stereocenters. The van der Waals surface area contributed by atoms with Gasteiger partial charge in [-0.3, -0.25) is 9.78 Å². The zero-order valence-corrected chi connectivity index (χ0v) is 21.6. The van der Waals surface area contributed by atoms with E-state index in [1.54, 1.807) is 6.20 Å². The van der Waals surface area contributed by atoms with Crippen molar-refractivity contribution in [1.82, 2.24) is 10.3 Å². The second-order valence-corrected chi connectivity index (χ2v) is 9.76. The Morgan fingerprint density at radius 1 is 1.31 bits per heavy atom. The third-order valence-electron chi connectivity index (χ3n) is 6.73. The Morgan fingerprint density at radius 2 is 2.06 bits per heavy atom. The van der Waals surface area contributed by atoms with Gasteiger partial charge in [0, 0.05) is 41.3 Å². The lowest BCUT2D eigenvalue weighted by atomic mass is 9.81. The zero-order valence-electron chi connectivity index (χ0n) is 20.8. The van der Waals surface area contributed by atoms with Crippen molar-refractivity contribution in [3.8, 4) is 11.5 Å². The summed E-state index contributed by atoms with van der Waals surface area (Å²) < 4.78 is 37.7. The number of halogens is 2. The van der Waals surface area contributed by atoms with E-state index in [-0.39, 0.29) is 34.2 Å². The Hall–Kier alpha value is -3.10. The minimum atomic E-state index is -0.945. The minimum Gasteiger partial charge on any atom is -0.495 e. The van der Waals surface area contributed by atoms with Gasteiger partial charge in [-0.15, -0.1) is 0 Å². The van der Waals surface area contributed by atoms with Crippen LogP contribution in [-0.2, 0) is 21.4 Å². The van der Waals surface area contributed by atoms with E-state index in [1.165, 1.54) is 26.4 Å². The van der Waals surface area contributed by atoms with Gasteiger partial charge >= 0.3 is 0 Å². The molecule has 2 aromatic heterocycles. The number of pyridine rings is 1. The first-order chi connectivity index (χ1) is 17.2. The van der Waals surface area contributed by atoms with Crippen LogP contribution in [0.15, 0.2) is 41.5 Å². The van der Waals surface area contributed by atoms with E-state index in [0.717, 1.165) is 17.5 Å². The number of nitrogens with zero attached hydrogens (tertiary/aromatic N) is 1. The lowest BCUT2D eigenvalue weighted by molar-refractivity contribution is -0.118. The number of benzene rings is 1. The van der Waals surface area contributed by atoms with Crippen LogP contribution in [0.2, 0.25) is 5.02 Å². The maximum Gasteiger partial charge on any atom is 0.243 e. The fourth-order valence-corrected chi connectivity index (χ4v) is 5.12. The van der Waals surface area contributed by atoms with E-state index in [2.05, 4.69) is 16.9 Å². The number of carbonyl (C=O) groups is 1. The third-order valence-corrected chi connectivity index (χ3v) is 7.11. The van der Waals surface area contributed by atoms with Gasteiger partial charge in [-0.1, -0.05) is 18.2 Å². The molecule has 4 rings (SSSR count). The molecule has 1 amide bonds. The molecular formula is C27H30ClFN2O5. The lowest BCUT2D eigenvalue weighted by Gasteiger charge is -2.31. The normalized spacial score (nSPS) is 18.2. The molecule has 1 aliphatic heterocycles. The summed E-state index contributed by atoms with van der Waals surface area (Å²) >= 11 is 6.55. The topological polar surface area (TPSA) is 82.8 Å². The van der Waals surface area contributed by atoms with Crippen molar-refractivity contribution >= 4 is 28.5 Å². The molecule has 0 spiro atoms. The zero-order chi connectivity index (χ0) is 26.0. The van der Waals surface area contributed by atoms with Gasteiger partial charge in [0.25, 0.3) is 0 Å². The molecule has 36 heavy (non-hydrogen) atoms. The van der Waals surface area contributed by atoms with Gasteiger partial charge in [-0.05, 0) is 44.9 Å². The van der Waals surface area contributed by atoms with Crippen molar-refractivity contribution in [1.29, 1.82) is 0 Å². The first kappa shape index (κ1) is 26.0. The molecule has 3 heterocycles. The van der Waals surface area contributed by atoms with E-state index in [9.17, 15) is 4.79 Å². The van der Waals surface area contributed by atoms with Gasteiger partial charge in [0.1, 0.15) is 11.5 Å². The van der Waals surface area contributed by atoms with E-state index < -0.39 is 11.2 Å². The van der Waals surface area contributed by atoms with E-state index in [1.807, 2.05) is 26.0 Å². The number of fused-ring (bicyclic) bond motifs is 1. The van der Waals surface area contributed by atoms with Crippen molar-refractivity contribution in [2.75, 3.05) is 27.4 Å². The summed E-state index contributed by atoms with van der Waals surface area (Å²) in [5, 5.41) is 3.98. The standard InChI is InChI=1S/C27H30ClFN2O5/c1-6-23(32)31-18-7-8-35-14-16(18)10-17-9-15-11-22(36-21(15)13-30-17)27(2,3)24-25(28)19(33-4)12-20(34-5)26(24)29/h6,9,11-13,16,18H,1,7-8,10,14H2,2-5H3,(H,31,32). The molecule has 2 unspecified atom stereocenters. The highest BCUT2D eigenvalue weighted by molar-refractivity contribution is 6.33. The smallest absolute Gasteiger partial charge is 0.243 e. The highest BCUT2D eigenvalue weighted by atomic mass is 35.5. The molecule has 0 bridgehead atoms. The first-order valence-electron chi connectivity index (χ1n) is 11.7. The number of ether oxygens (including phenoxy) is 3. The second kappa shape index (κ2) is 10.5. The predicted octanol–water partition coefficient (Wildman–Crippen LogP) is 5.21. The molecule has 0 aliphatic carbocycles.